The van der Waals surface area contributed by atoms with E-state index in [1.165, 1.54) is 79.1 Å². The van der Waals surface area contributed by atoms with Gasteiger partial charge in [0.15, 0.2) is 5.78 Å². The zero-order chi connectivity index (χ0) is 54.7. The van der Waals surface area contributed by atoms with Crippen LogP contribution in [0.3, 0.4) is 0 Å². The molecule has 3 N–H and O–H groups in total. The molecule has 6 aliphatic carbocycles. The molecule has 4 spiro atoms. The number of amides is 4. The Balaban J connectivity index is 0.000000126. The first-order valence-corrected chi connectivity index (χ1v) is 29.8. The first kappa shape index (κ1) is 51.3. The molecule has 8 fully saturated rings. The first-order chi connectivity index (χ1) is 37.7. The predicted octanol–water partition coefficient (Wildman–Crippen LogP) is 11.9. The van der Waals surface area contributed by atoms with Gasteiger partial charge in [-0.05, 0) is 221 Å². The molecule has 4 saturated carbocycles. The average molecular weight is 1060 g/mol. The second-order valence-electron chi connectivity index (χ2n) is 27.7. The fourth-order valence-corrected chi connectivity index (χ4v) is 18.7. The number of aromatic nitrogens is 2. The topological polar surface area (TPSA) is 160 Å². The third-order valence-electron chi connectivity index (χ3n) is 22.7. The molecule has 412 valence electrons. The number of ether oxygens (including phenoxy) is 2. The number of ketones is 1. The van der Waals surface area contributed by atoms with Crippen LogP contribution in [0.4, 0.5) is 4.79 Å². The number of carbonyl (C=O) groups is 4. The van der Waals surface area contributed by atoms with Crippen molar-refractivity contribution in [1.82, 2.24) is 25.5 Å². The van der Waals surface area contributed by atoms with Gasteiger partial charge in [-0.3, -0.25) is 29.3 Å². The molecule has 4 aromatic rings. The van der Waals surface area contributed by atoms with E-state index in [1.807, 2.05) is 24.8 Å². The zero-order valence-electron chi connectivity index (χ0n) is 47.0. The maximum absolute atomic E-state index is 13.1. The number of nitrogens with one attached hydrogen (secondary N) is 2. The van der Waals surface area contributed by atoms with Crippen molar-refractivity contribution in [3.63, 3.8) is 0 Å². The molecule has 12 atom stereocenters. The quantitative estimate of drug-likeness (QED) is 0.134. The van der Waals surface area contributed by atoms with Gasteiger partial charge in [-0.25, -0.2) is 4.79 Å². The van der Waals surface area contributed by atoms with Gasteiger partial charge in [-0.2, -0.15) is 0 Å². The number of Topliss-reactive ketones (excluding diaryl/α,β-unsaturated/α-hetero) is 1. The van der Waals surface area contributed by atoms with Crippen LogP contribution in [-0.4, -0.2) is 89.2 Å². The Morgan fingerprint density at radius 3 is 1.61 bits per heavy atom. The van der Waals surface area contributed by atoms with Crippen molar-refractivity contribution in [2.24, 2.45) is 22.7 Å². The molecule has 12 heteroatoms. The van der Waals surface area contributed by atoms with E-state index in [2.05, 4.69) is 107 Å². The monoisotopic (exact) mass is 1060 g/mol. The van der Waals surface area contributed by atoms with Crippen LogP contribution < -0.4 is 10.6 Å². The minimum atomic E-state index is -0.839. The van der Waals surface area contributed by atoms with Gasteiger partial charge in [0.1, 0.15) is 5.54 Å². The Morgan fingerprint density at radius 1 is 0.595 bits per heavy atom. The number of rotatable bonds is 3. The molecule has 4 amide bonds. The Labute approximate surface area is 464 Å². The molecule has 4 saturated heterocycles. The largest absolute Gasteiger partial charge is 0.393 e. The van der Waals surface area contributed by atoms with E-state index in [0.717, 1.165) is 77.0 Å². The normalized spacial score (nSPS) is 39.5. The highest BCUT2D eigenvalue weighted by molar-refractivity contribution is 6.09. The van der Waals surface area contributed by atoms with Gasteiger partial charge in [0.25, 0.3) is 5.91 Å². The van der Waals surface area contributed by atoms with E-state index in [9.17, 15) is 24.3 Å². The molecular formula is C67H77N5O7. The van der Waals surface area contributed by atoms with E-state index in [-0.39, 0.29) is 75.4 Å². The summed E-state index contributed by atoms with van der Waals surface area (Å²) in [5, 5.41) is 20.8. The smallest absolute Gasteiger partial charge is 0.325 e. The lowest BCUT2D eigenvalue weighted by molar-refractivity contribution is -0.145. The van der Waals surface area contributed by atoms with Crippen LogP contribution in [0, 0.1) is 22.7 Å². The van der Waals surface area contributed by atoms with Crippen LogP contribution in [0.15, 0.2) is 120 Å². The molecule has 16 rings (SSSR count). The molecule has 0 radical (unpaired) electrons. The fourth-order valence-electron chi connectivity index (χ4n) is 18.7. The van der Waals surface area contributed by atoms with Crippen LogP contribution in [0.25, 0.3) is 21.5 Å². The summed E-state index contributed by atoms with van der Waals surface area (Å²) in [6, 6.07) is 17.8. The molecule has 12 aliphatic rings. The van der Waals surface area contributed by atoms with Crippen molar-refractivity contribution < 1.29 is 33.8 Å². The van der Waals surface area contributed by atoms with E-state index < -0.39 is 11.1 Å². The second-order valence-corrected chi connectivity index (χ2v) is 27.7. The number of aliphatic hydroxyl groups is 1. The number of hydrogen-bond acceptors (Lipinski definition) is 9. The van der Waals surface area contributed by atoms with Crippen molar-refractivity contribution >= 4 is 45.2 Å². The Hall–Kier alpha value is -5.82. The highest BCUT2D eigenvalue weighted by atomic mass is 16.5. The number of urea groups is 1. The van der Waals surface area contributed by atoms with Crippen molar-refractivity contribution in [2.45, 2.75) is 208 Å². The van der Waals surface area contributed by atoms with Crippen molar-refractivity contribution in [1.29, 1.82) is 0 Å². The van der Waals surface area contributed by atoms with Crippen LogP contribution in [0.1, 0.15) is 174 Å². The van der Waals surface area contributed by atoms with Gasteiger partial charge in [-0.15, -0.1) is 0 Å². The van der Waals surface area contributed by atoms with Crippen molar-refractivity contribution in [3.05, 3.63) is 131 Å². The summed E-state index contributed by atoms with van der Waals surface area (Å²) < 4.78 is 14.6. The van der Waals surface area contributed by atoms with Gasteiger partial charge < -0.3 is 25.2 Å². The van der Waals surface area contributed by atoms with Gasteiger partial charge in [-0.1, -0.05) is 62.4 Å². The first-order valence-electron chi connectivity index (χ1n) is 29.8. The minimum absolute atomic E-state index is 0.0208. The summed E-state index contributed by atoms with van der Waals surface area (Å²) in [7, 11) is 0. The minimum Gasteiger partial charge on any atom is -0.393 e. The van der Waals surface area contributed by atoms with Crippen LogP contribution >= 0.6 is 0 Å². The maximum Gasteiger partial charge on any atom is 0.325 e. The summed E-state index contributed by atoms with van der Waals surface area (Å²) >= 11 is 0. The highest BCUT2D eigenvalue weighted by Gasteiger charge is 2.69. The fraction of sp³-hybridized carbons (Fsp3) is 0.552. The van der Waals surface area contributed by atoms with Gasteiger partial charge in [0.2, 0.25) is 5.91 Å². The van der Waals surface area contributed by atoms with Gasteiger partial charge in [0, 0.05) is 54.4 Å². The van der Waals surface area contributed by atoms with Crippen LogP contribution in [0.5, 0.6) is 0 Å². The van der Waals surface area contributed by atoms with E-state index in [1.54, 1.807) is 27.7 Å². The standard InChI is InChI=1S/C33H37N3O3.C28H31NO2.C6H9NO2/c1-30(2)28(37)36(29(38)35-30)25-7-6-23-17-24-10-12-31(3)26(21-5-4-20-11-15-34-19-22(20)16-21)8-9-27(31)33(24)14-13-32(23,18-25)39-33;1-26-10-8-22-15-21-4-5-23(30)16-27(21)11-12-28(22,31-27)25(26)7-6-24(26)19-3-2-18-9-13-29-17-20(18)14-19;1-6(2)4(8)3-5(9)7-6/h4-5,10-11,15-17,19,25-27H,6-9,12-14,18H2,1-3H3,(H,35,38);2-3,8-9,13-15,17,23-25,30H,4-7,10-12,16H2,1H3;3H2,1-2H3,(H,7,9)/t25?,26-,27-,31-,32?,33-;23-,24+,25+,26+,27?,28+;/m10./s1. The van der Waals surface area contributed by atoms with Crippen LogP contribution in [-0.2, 0) is 23.9 Å². The zero-order valence-corrected chi connectivity index (χ0v) is 47.0. The van der Waals surface area contributed by atoms with E-state index in [0.29, 0.717) is 30.1 Å². The number of pyridine rings is 2. The predicted molar refractivity (Wildman–Crippen MR) is 303 cm³/mol. The molecule has 3 unspecified atom stereocenters. The van der Waals surface area contributed by atoms with Crippen LogP contribution in [0.2, 0.25) is 0 Å². The number of hydrogen-bond donors (Lipinski definition) is 3. The number of aliphatic hydroxyl groups excluding tert-OH is 1. The number of carbonyl (C=O) groups excluding carboxylic acids is 4. The van der Waals surface area contributed by atoms with Gasteiger partial charge in [0.05, 0.1) is 40.5 Å². The Morgan fingerprint density at radius 2 is 1.13 bits per heavy atom. The van der Waals surface area contributed by atoms with Crippen molar-refractivity contribution in [2.75, 3.05) is 0 Å². The third-order valence-corrected chi connectivity index (χ3v) is 22.7. The summed E-state index contributed by atoms with van der Waals surface area (Å²) in [4.78, 5) is 57.6. The molecule has 12 nitrogen and oxygen atoms in total. The lowest BCUT2D eigenvalue weighted by Gasteiger charge is -2.54. The number of allylic oxidation sites excluding steroid dienone is 2. The molecule has 6 aliphatic heterocycles. The molecule has 79 heavy (non-hydrogen) atoms. The summed E-state index contributed by atoms with van der Waals surface area (Å²) in [6.07, 6.45) is 33.8. The second kappa shape index (κ2) is 17.6. The molecule has 2 aromatic heterocycles. The SMILES string of the molecule is CC1(C)NC(=O)CC1=O.CC1(C)NC(=O)N(C2CCC3=CC4=CC[C@]5(C)[C@@H](c6ccc7ccncc7c6)CC[C@H]5[C@@]45CCC3(C2)O5)C1=O.C[C@]12CC=C3C=C4CC[C@H](O)CC45CC[C@]3(O5)[C@@H]1CC[C@@H]2c1ccc2ccncc2c1. The molecule has 2 aromatic carbocycles. The average Bonchev–Trinajstić information content (AvgIpc) is 3.09. The van der Waals surface area contributed by atoms with E-state index in [4.69, 9.17) is 9.47 Å². The lowest BCUT2D eigenvalue weighted by atomic mass is 9.58. The van der Waals surface area contributed by atoms with E-state index >= 15 is 0 Å². The Bertz CT molecular complexity index is 3430. The number of nitrogens with zero attached hydrogens (tertiary/aromatic N) is 3. The Kier molecular flexibility index (Phi) is 11.4. The third kappa shape index (κ3) is 7.61. The summed E-state index contributed by atoms with van der Waals surface area (Å²) in [6.45, 7) is 12.0. The van der Waals surface area contributed by atoms with Gasteiger partial charge >= 0.3 is 6.03 Å². The molecular weight excluding hydrogens is 987 g/mol. The molecule has 4 bridgehead atoms. The summed E-state index contributed by atoms with van der Waals surface area (Å²) in [5.41, 5.74) is 6.50. The number of imide groups is 1. The molecule has 8 heterocycles. The number of fused-ring (bicyclic) bond motifs is 4. The lowest BCUT2D eigenvalue weighted by Crippen LogP contribution is -2.56. The van der Waals surface area contributed by atoms with Crippen molar-refractivity contribution in [3.8, 4) is 0 Å². The highest BCUT2D eigenvalue weighted by Crippen LogP contribution is 2.71. The summed E-state index contributed by atoms with van der Waals surface area (Å²) in [5.74, 6) is 1.74. The maximum atomic E-state index is 13.1. The number of benzene rings is 2.